The van der Waals surface area contributed by atoms with Gasteiger partial charge in [0.2, 0.25) is 23.9 Å². The Morgan fingerprint density at radius 1 is 1.24 bits per heavy atom. The summed E-state index contributed by atoms with van der Waals surface area (Å²) in [5.74, 6) is -2.94. The average Bonchev–Trinajstić information content (AvgIpc) is 2.21. The third kappa shape index (κ3) is 3.25. The van der Waals surface area contributed by atoms with Crippen LogP contribution < -0.4 is 11.5 Å². The fourth-order valence-electron chi connectivity index (χ4n) is 1.48. The summed E-state index contributed by atoms with van der Waals surface area (Å²) >= 11 is 0. The average molecular weight is 243 g/mol. The second-order valence-electron chi connectivity index (χ2n) is 3.54. The molecule has 0 aromatic rings. The van der Waals surface area contributed by atoms with Gasteiger partial charge in [0.25, 0.3) is 5.91 Å². The Kier molecular flexibility index (Phi) is 4.16. The molecule has 1 fully saturated rings. The lowest BCUT2D eigenvalue weighted by Gasteiger charge is -2.30. The molecule has 1 aliphatic rings. The fourth-order valence-corrected chi connectivity index (χ4v) is 1.48. The molecular formula is C9H13N3O5. The van der Waals surface area contributed by atoms with Gasteiger partial charge in [-0.05, 0) is 6.42 Å². The zero-order valence-electron chi connectivity index (χ0n) is 9.05. The highest BCUT2D eigenvalue weighted by atomic mass is 16.5. The first-order valence-electron chi connectivity index (χ1n) is 4.97. The first-order valence-corrected chi connectivity index (χ1v) is 4.97. The summed E-state index contributed by atoms with van der Waals surface area (Å²) in [5, 5.41) is 0. The number of nitrogens with two attached hydrogens (primary N) is 2. The van der Waals surface area contributed by atoms with Crippen molar-refractivity contribution in [1.82, 2.24) is 4.90 Å². The lowest BCUT2D eigenvalue weighted by atomic mass is 10.1. The van der Waals surface area contributed by atoms with Crippen LogP contribution in [0.3, 0.4) is 0 Å². The summed E-state index contributed by atoms with van der Waals surface area (Å²) in [4.78, 5) is 45.3. The van der Waals surface area contributed by atoms with Crippen LogP contribution in [0.25, 0.3) is 0 Å². The molecular weight excluding hydrogens is 230 g/mol. The molecule has 1 rings (SSSR count). The van der Waals surface area contributed by atoms with Gasteiger partial charge in [0, 0.05) is 12.8 Å². The van der Waals surface area contributed by atoms with Gasteiger partial charge in [-0.15, -0.1) is 0 Å². The standard InChI is InChI=1S/C9H13N3O5/c10-5(13)4-17-9(8(11)16)12-6(14)2-1-3-7(12)15/h9H,1-4H2,(H2,10,13)(H2,11,16). The molecule has 94 valence electrons. The van der Waals surface area contributed by atoms with E-state index >= 15 is 0 Å². The molecule has 17 heavy (non-hydrogen) atoms. The fraction of sp³-hybridized carbons (Fsp3) is 0.556. The van der Waals surface area contributed by atoms with E-state index in [4.69, 9.17) is 16.2 Å². The van der Waals surface area contributed by atoms with Crippen LogP contribution >= 0.6 is 0 Å². The molecule has 1 unspecified atom stereocenters. The molecule has 4 N–H and O–H groups in total. The van der Waals surface area contributed by atoms with Crippen molar-refractivity contribution >= 4 is 23.6 Å². The number of amides is 4. The first-order chi connectivity index (χ1) is 7.93. The van der Waals surface area contributed by atoms with Crippen LogP contribution in [0.5, 0.6) is 0 Å². The number of likely N-dealkylation sites (tertiary alicyclic amines) is 1. The summed E-state index contributed by atoms with van der Waals surface area (Å²) in [6.07, 6.45) is -0.872. The Bertz CT molecular complexity index is 352. The first kappa shape index (κ1) is 13.1. The molecule has 0 radical (unpaired) electrons. The van der Waals surface area contributed by atoms with E-state index in [1.807, 2.05) is 0 Å². The molecule has 8 heteroatoms. The number of piperidine rings is 1. The zero-order chi connectivity index (χ0) is 13.0. The quantitative estimate of drug-likeness (QED) is 0.530. The summed E-state index contributed by atoms with van der Waals surface area (Å²) in [6.45, 7) is -0.593. The highest BCUT2D eigenvalue weighted by Crippen LogP contribution is 2.16. The highest BCUT2D eigenvalue weighted by Gasteiger charge is 2.36. The summed E-state index contributed by atoms with van der Waals surface area (Å²) in [5.41, 5.74) is 9.85. The van der Waals surface area contributed by atoms with Crippen LogP contribution in [0.4, 0.5) is 0 Å². The third-order valence-electron chi connectivity index (χ3n) is 2.18. The number of primary amides is 2. The molecule has 0 bridgehead atoms. The lowest BCUT2D eigenvalue weighted by molar-refractivity contribution is -0.171. The van der Waals surface area contributed by atoms with E-state index < -0.39 is 36.5 Å². The smallest absolute Gasteiger partial charge is 0.268 e. The van der Waals surface area contributed by atoms with Gasteiger partial charge in [0.15, 0.2) is 0 Å². The number of carbonyl (C=O) groups excluding carboxylic acids is 4. The molecule has 0 spiro atoms. The molecule has 8 nitrogen and oxygen atoms in total. The van der Waals surface area contributed by atoms with Crippen molar-refractivity contribution in [3.05, 3.63) is 0 Å². The summed E-state index contributed by atoms with van der Waals surface area (Å²) in [7, 11) is 0. The molecule has 4 amide bonds. The van der Waals surface area contributed by atoms with Crippen LogP contribution in [-0.4, -0.2) is 41.4 Å². The minimum atomic E-state index is -1.57. The van der Waals surface area contributed by atoms with Crippen LogP contribution in [0.2, 0.25) is 0 Å². The molecule has 1 atom stereocenters. The van der Waals surface area contributed by atoms with Gasteiger partial charge in [0.05, 0.1) is 0 Å². The molecule has 0 aromatic carbocycles. The second kappa shape index (κ2) is 5.39. The van der Waals surface area contributed by atoms with E-state index in [-0.39, 0.29) is 12.8 Å². The van der Waals surface area contributed by atoms with Crippen molar-refractivity contribution in [3.8, 4) is 0 Å². The Morgan fingerprint density at radius 2 is 1.76 bits per heavy atom. The van der Waals surface area contributed by atoms with E-state index in [2.05, 4.69) is 0 Å². The van der Waals surface area contributed by atoms with Crippen LogP contribution in [-0.2, 0) is 23.9 Å². The van der Waals surface area contributed by atoms with Crippen molar-refractivity contribution in [3.63, 3.8) is 0 Å². The number of ether oxygens (including phenoxy) is 1. The zero-order valence-corrected chi connectivity index (χ0v) is 9.05. The van der Waals surface area contributed by atoms with E-state index in [0.29, 0.717) is 11.3 Å². The van der Waals surface area contributed by atoms with E-state index in [0.717, 1.165) is 0 Å². The van der Waals surface area contributed by atoms with Gasteiger partial charge < -0.3 is 16.2 Å². The molecule has 1 heterocycles. The van der Waals surface area contributed by atoms with Gasteiger partial charge in [-0.25, -0.2) is 4.90 Å². The number of hydrogen-bond acceptors (Lipinski definition) is 5. The molecule has 1 saturated heterocycles. The number of nitrogens with zero attached hydrogens (tertiary/aromatic N) is 1. The van der Waals surface area contributed by atoms with Crippen LogP contribution in [0.1, 0.15) is 19.3 Å². The molecule has 0 aliphatic carbocycles. The SMILES string of the molecule is NC(=O)COC(C(N)=O)N1C(=O)CCCC1=O. The van der Waals surface area contributed by atoms with Gasteiger partial charge in [0.1, 0.15) is 6.61 Å². The number of rotatable bonds is 5. The van der Waals surface area contributed by atoms with Gasteiger partial charge in [-0.1, -0.05) is 0 Å². The van der Waals surface area contributed by atoms with Gasteiger partial charge in [-0.3, -0.25) is 19.2 Å². The minimum Gasteiger partial charge on any atom is -0.368 e. The number of carbonyl (C=O) groups is 4. The third-order valence-corrected chi connectivity index (χ3v) is 2.18. The Hall–Kier alpha value is -1.96. The molecule has 0 saturated carbocycles. The maximum Gasteiger partial charge on any atom is 0.268 e. The maximum atomic E-state index is 11.5. The lowest BCUT2D eigenvalue weighted by Crippen LogP contribution is -2.54. The largest absolute Gasteiger partial charge is 0.368 e. The molecule has 1 aliphatic heterocycles. The van der Waals surface area contributed by atoms with Crippen molar-refractivity contribution in [2.24, 2.45) is 11.5 Å². The van der Waals surface area contributed by atoms with Crippen LogP contribution in [0.15, 0.2) is 0 Å². The number of imide groups is 1. The Labute approximate surface area is 96.9 Å². The molecule has 0 aromatic heterocycles. The topological polar surface area (TPSA) is 133 Å². The van der Waals surface area contributed by atoms with Crippen molar-refractivity contribution in [2.45, 2.75) is 25.5 Å². The van der Waals surface area contributed by atoms with Gasteiger partial charge in [-0.2, -0.15) is 0 Å². The second-order valence-corrected chi connectivity index (χ2v) is 3.54. The Balaban J connectivity index is 2.80. The number of hydrogen-bond donors (Lipinski definition) is 2. The minimum absolute atomic E-state index is 0.134. The van der Waals surface area contributed by atoms with E-state index in [9.17, 15) is 19.2 Å². The van der Waals surface area contributed by atoms with Crippen molar-refractivity contribution in [2.75, 3.05) is 6.61 Å². The van der Waals surface area contributed by atoms with Crippen molar-refractivity contribution < 1.29 is 23.9 Å². The van der Waals surface area contributed by atoms with Gasteiger partial charge >= 0.3 is 0 Å². The maximum absolute atomic E-state index is 11.5. The van der Waals surface area contributed by atoms with Crippen molar-refractivity contribution in [1.29, 1.82) is 0 Å². The summed E-state index contributed by atoms with van der Waals surface area (Å²) in [6, 6.07) is 0. The predicted octanol–water partition coefficient (Wildman–Crippen LogP) is -2.16. The normalized spacial score (nSPS) is 18.0. The highest BCUT2D eigenvalue weighted by molar-refractivity contribution is 6.01. The summed E-state index contributed by atoms with van der Waals surface area (Å²) < 4.78 is 4.78. The van der Waals surface area contributed by atoms with E-state index in [1.54, 1.807) is 0 Å². The monoisotopic (exact) mass is 243 g/mol. The Morgan fingerprint density at radius 3 is 2.18 bits per heavy atom. The predicted molar refractivity (Wildman–Crippen MR) is 53.8 cm³/mol. The van der Waals surface area contributed by atoms with E-state index in [1.165, 1.54) is 0 Å². The van der Waals surface area contributed by atoms with Crippen LogP contribution in [0, 0.1) is 0 Å².